The summed E-state index contributed by atoms with van der Waals surface area (Å²) < 4.78 is 5.87. The van der Waals surface area contributed by atoms with E-state index in [9.17, 15) is 0 Å². The summed E-state index contributed by atoms with van der Waals surface area (Å²) in [5, 5.41) is 3.54. The summed E-state index contributed by atoms with van der Waals surface area (Å²) in [6.07, 6.45) is 1.79. The third-order valence-corrected chi connectivity index (χ3v) is 4.97. The Hall–Kier alpha value is -2.69. The predicted octanol–water partition coefficient (Wildman–Crippen LogP) is 4.79. The van der Waals surface area contributed by atoms with E-state index in [4.69, 9.17) is 4.74 Å². The molecule has 3 aromatic rings. The lowest BCUT2D eigenvalue weighted by Crippen LogP contribution is -2.25. The van der Waals surface area contributed by atoms with Crippen molar-refractivity contribution >= 4 is 0 Å². The highest BCUT2D eigenvalue weighted by Gasteiger charge is 2.05. The fourth-order valence-corrected chi connectivity index (χ4v) is 3.05. The lowest BCUT2D eigenvalue weighted by molar-refractivity contribution is 0.266. The zero-order valence-electron chi connectivity index (χ0n) is 17.6. The monoisotopic (exact) mass is 389 g/mol. The van der Waals surface area contributed by atoms with Crippen LogP contribution in [0.2, 0.25) is 0 Å². The number of benzene rings is 2. The molecule has 0 aliphatic heterocycles. The van der Waals surface area contributed by atoms with E-state index >= 15 is 0 Å². The van der Waals surface area contributed by atoms with Gasteiger partial charge in [0.2, 0.25) is 0 Å². The first-order chi connectivity index (χ1) is 14.1. The Balaban J connectivity index is 1.49. The van der Waals surface area contributed by atoms with Gasteiger partial charge in [0.15, 0.2) is 0 Å². The van der Waals surface area contributed by atoms with Crippen LogP contribution in [0.3, 0.4) is 0 Å². The van der Waals surface area contributed by atoms with Crippen LogP contribution in [0.5, 0.6) is 5.75 Å². The van der Waals surface area contributed by atoms with E-state index in [2.05, 4.69) is 72.5 Å². The second-order valence-corrected chi connectivity index (χ2v) is 7.69. The van der Waals surface area contributed by atoms with Crippen LogP contribution in [-0.2, 0) is 26.2 Å². The van der Waals surface area contributed by atoms with Crippen LogP contribution in [0.1, 0.15) is 36.2 Å². The van der Waals surface area contributed by atoms with E-state index in [1.165, 1.54) is 16.7 Å². The Morgan fingerprint density at radius 2 is 1.62 bits per heavy atom. The Bertz CT molecular complexity index is 880. The van der Waals surface area contributed by atoms with Gasteiger partial charge in [-0.3, -0.25) is 9.88 Å². The van der Waals surface area contributed by atoms with Gasteiger partial charge in [0.05, 0.1) is 5.69 Å². The molecule has 4 heteroatoms. The fourth-order valence-electron chi connectivity index (χ4n) is 3.05. The fraction of sp³-hybridized carbons (Fsp3) is 0.320. The number of hydrogen-bond acceptors (Lipinski definition) is 4. The van der Waals surface area contributed by atoms with Gasteiger partial charge in [0.25, 0.3) is 0 Å². The van der Waals surface area contributed by atoms with E-state index in [1.54, 1.807) is 6.20 Å². The van der Waals surface area contributed by atoms with Crippen LogP contribution in [0, 0.1) is 0 Å². The molecule has 152 valence electrons. The van der Waals surface area contributed by atoms with Gasteiger partial charge in [-0.05, 0) is 61.9 Å². The van der Waals surface area contributed by atoms with Gasteiger partial charge < -0.3 is 10.1 Å². The maximum Gasteiger partial charge on any atom is 0.130 e. The van der Waals surface area contributed by atoms with Crippen molar-refractivity contribution in [2.24, 2.45) is 0 Å². The Kier molecular flexibility index (Phi) is 7.79. The lowest BCUT2D eigenvalue weighted by atomic mass is 10.1. The molecular formula is C25H31N3O. The molecule has 0 bridgehead atoms. The van der Waals surface area contributed by atoms with E-state index in [-0.39, 0.29) is 0 Å². The molecule has 1 heterocycles. The van der Waals surface area contributed by atoms with E-state index in [0.717, 1.165) is 31.1 Å². The Morgan fingerprint density at radius 3 is 2.34 bits per heavy atom. The van der Waals surface area contributed by atoms with Crippen molar-refractivity contribution in [1.29, 1.82) is 0 Å². The number of nitrogens with one attached hydrogen (secondary N) is 1. The highest BCUT2D eigenvalue weighted by Crippen LogP contribution is 2.15. The van der Waals surface area contributed by atoms with Crippen LogP contribution in [0.25, 0.3) is 0 Å². The first-order valence-corrected chi connectivity index (χ1v) is 10.2. The van der Waals surface area contributed by atoms with Crippen LogP contribution >= 0.6 is 0 Å². The third-order valence-electron chi connectivity index (χ3n) is 4.97. The van der Waals surface area contributed by atoms with Crippen LogP contribution in [0.15, 0.2) is 72.9 Å². The minimum atomic E-state index is 0.481. The molecule has 0 spiro atoms. The van der Waals surface area contributed by atoms with Gasteiger partial charge in [0.1, 0.15) is 12.4 Å². The summed E-state index contributed by atoms with van der Waals surface area (Å²) in [7, 11) is 2.17. The minimum Gasteiger partial charge on any atom is -0.487 e. The second kappa shape index (κ2) is 10.7. The molecule has 0 unspecified atom stereocenters. The molecule has 0 fully saturated rings. The highest BCUT2D eigenvalue weighted by atomic mass is 16.5. The molecule has 0 amide bonds. The molecule has 0 aliphatic carbocycles. The van der Waals surface area contributed by atoms with Crippen LogP contribution in [0.4, 0.5) is 0 Å². The lowest BCUT2D eigenvalue weighted by Gasteiger charge is -2.21. The topological polar surface area (TPSA) is 37.4 Å². The smallest absolute Gasteiger partial charge is 0.130 e. The number of rotatable bonds is 10. The maximum absolute atomic E-state index is 5.87. The van der Waals surface area contributed by atoms with Crippen LogP contribution < -0.4 is 10.1 Å². The predicted molar refractivity (Wildman–Crippen MR) is 119 cm³/mol. The van der Waals surface area contributed by atoms with Crippen molar-refractivity contribution in [2.75, 3.05) is 7.05 Å². The van der Waals surface area contributed by atoms with Crippen molar-refractivity contribution in [3.8, 4) is 5.75 Å². The first kappa shape index (κ1) is 21.0. The summed E-state index contributed by atoms with van der Waals surface area (Å²) >= 11 is 0. The normalized spacial score (nSPS) is 11.2. The second-order valence-electron chi connectivity index (χ2n) is 7.69. The average molecular weight is 390 g/mol. The van der Waals surface area contributed by atoms with Crippen molar-refractivity contribution in [3.63, 3.8) is 0 Å². The highest BCUT2D eigenvalue weighted by molar-refractivity contribution is 5.29. The van der Waals surface area contributed by atoms with E-state index in [1.807, 2.05) is 30.3 Å². The maximum atomic E-state index is 5.87. The molecule has 1 N–H and O–H groups in total. The summed E-state index contributed by atoms with van der Waals surface area (Å²) in [5.74, 6) is 0.869. The zero-order valence-corrected chi connectivity index (χ0v) is 17.6. The van der Waals surface area contributed by atoms with Gasteiger partial charge in [0, 0.05) is 31.9 Å². The molecule has 1 aromatic heterocycles. The molecular weight excluding hydrogens is 358 g/mol. The zero-order chi connectivity index (χ0) is 20.5. The van der Waals surface area contributed by atoms with Gasteiger partial charge in [-0.2, -0.15) is 0 Å². The van der Waals surface area contributed by atoms with Crippen molar-refractivity contribution < 1.29 is 4.74 Å². The Labute approximate surface area is 174 Å². The third kappa shape index (κ3) is 7.00. The molecule has 0 saturated carbocycles. The first-order valence-electron chi connectivity index (χ1n) is 10.2. The Morgan fingerprint density at radius 1 is 0.897 bits per heavy atom. The number of pyridine rings is 1. The summed E-state index contributed by atoms with van der Waals surface area (Å²) in [5.41, 5.74) is 4.80. The molecule has 0 radical (unpaired) electrons. The molecule has 29 heavy (non-hydrogen) atoms. The van der Waals surface area contributed by atoms with E-state index in [0.29, 0.717) is 12.6 Å². The summed E-state index contributed by atoms with van der Waals surface area (Å²) in [4.78, 5) is 6.64. The van der Waals surface area contributed by atoms with E-state index < -0.39 is 0 Å². The number of aromatic nitrogens is 1. The van der Waals surface area contributed by atoms with Gasteiger partial charge in [-0.25, -0.2) is 0 Å². The number of hydrogen-bond donors (Lipinski definition) is 1. The van der Waals surface area contributed by atoms with Gasteiger partial charge in [-0.1, -0.05) is 42.5 Å². The summed E-state index contributed by atoms with van der Waals surface area (Å²) in [6.45, 7) is 7.55. The molecule has 3 rings (SSSR count). The average Bonchev–Trinajstić information content (AvgIpc) is 2.73. The largest absolute Gasteiger partial charge is 0.487 e. The van der Waals surface area contributed by atoms with Crippen molar-refractivity contribution in [2.45, 2.75) is 46.1 Å². The molecule has 2 aromatic carbocycles. The standard InChI is InChI=1S/C25H31N3O/c1-20(2)28(3)18-23-10-6-8-21(14-23)16-26-17-22-9-7-12-25(15-22)29-19-24-11-4-5-13-27-24/h4-15,20,26H,16-19H2,1-3H3. The number of nitrogens with zero attached hydrogens (tertiary/aromatic N) is 2. The quantitative estimate of drug-likeness (QED) is 0.541. The summed E-state index contributed by atoms with van der Waals surface area (Å²) in [6, 6.07) is 23.4. The molecule has 0 saturated heterocycles. The van der Waals surface area contributed by atoms with Crippen molar-refractivity contribution in [3.05, 3.63) is 95.3 Å². The van der Waals surface area contributed by atoms with Gasteiger partial charge >= 0.3 is 0 Å². The molecule has 0 aliphatic rings. The SMILES string of the molecule is CC(C)N(C)Cc1cccc(CNCc2cccc(OCc3ccccn3)c2)c1. The van der Waals surface area contributed by atoms with Gasteiger partial charge in [-0.15, -0.1) is 0 Å². The minimum absolute atomic E-state index is 0.481. The van der Waals surface area contributed by atoms with Crippen molar-refractivity contribution in [1.82, 2.24) is 15.2 Å². The molecule has 0 atom stereocenters. The molecule has 4 nitrogen and oxygen atoms in total. The number of ether oxygens (including phenoxy) is 1. The van der Waals surface area contributed by atoms with Crippen LogP contribution in [-0.4, -0.2) is 23.0 Å².